The number of rotatable bonds is 9. The summed E-state index contributed by atoms with van der Waals surface area (Å²) in [6.45, 7) is 8.90. The van der Waals surface area contributed by atoms with Gasteiger partial charge in [-0.1, -0.05) is 0 Å². The highest BCUT2D eigenvalue weighted by atomic mass is 16.5. The van der Waals surface area contributed by atoms with Crippen LogP contribution in [0, 0.1) is 0 Å². The molecule has 154 valence electrons. The Morgan fingerprint density at radius 2 is 2.32 bits per heavy atom. The Labute approximate surface area is 167 Å². The molecule has 0 aliphatic heterocycles. The third-order valence-electron chi connectivity index (χ3n) is 5.15. The van der Waals surface area contributed by atoms with Gasteiger partial charge in [-0.3, -0.25) is 9.48 Å². The van der Waals surface area contributed by atoms with Crippen LogP contribution in [0.5, 0.6) is 0 Å². The first-order chi connectivity index (χ1) is 13.5. The van der Waals surface area contributed by atoms with E-state index in [1.165, 1.54) is 5.69 Å². The number of furan rings is 1. The molecular formula is C21H32N4O3. The fourth-order valence-corrected chi connectivity index (χ4v) is 3.74. The molecule has 1 atom stereocenters. The first kappa shape index (κ1) is 20.6. The van der Waals surface area contributed by atoms with Gasteiger partial charge in [-0.2, -0.15) is 5.10 Å². The van der Waals surface area contributed by atoms with E-state index in [2.05, 4.69) is 17.3 Å². The number of carbonyl (C=O) groups is 1. The number of aromatic nitrogens is 2. The third kappa shape index (κ3) is 4.83. The molecule has 1 amide bonds. The van der Waals surface area contributed by atoms with E-state index in [0.717, 1.165) is 43.7 Å². The number of hydrogen-bond acceptors (Lipinski definition) is 5. The Morgan fingerprint density at radius 1 is 1.50 bits per heavy atom. The number of ether oxygens (including phenoxy) is 1. The second-order valence-electron chi connectivity index (χ2n) is 7.64. The number of fused-ring (bicyclic) bond motifs is 1. The van der Waals surface area contributed by atoms with Gasteiger partial charge in [-0.25, -0.2) is 0 Å². The van der Waals surface area contributed by atoms with Crippen molar-refractivity contribution >= 4 is 5.91 Å². The van der Waals surface area contributed by atoms with E-state index in [1.54, 1.807) is 18.2 Å². The maximum absolute atomic E-state index is 13.1. The number of carbonyl (C=O) groups excluding carboxylic acids is 1. The molecule has 1 aliphatic carbocycles. The fourth-order valence-electron chi connectivity index (χ4n) is 3.74. The standard InChI is InChI=1S/C21H32N4O3/c1-5-25-19-9-8-16(22-10-12-27-15(2)3)13-18(19)20(23-25)21(26)24(4)14-17-7-6-11-28-17/h6-7,11,15-16,22H,5,8-10,12-14H2,1-4H3. The predicted octanol–water partition coefficient (Wildman–Crippen LogP) is 2.64. The van der Waals surface area contributed by atoms with Crippen LogP contribution in [-0.2, 0) is 30.7 Å². The van der Waals surface area contributed by atoms with Crippen molar-refractivity contribution in [3.05, 3.63) is 41.1 Å². The molecule has 3 rings (SSSR count). The van der Waals surface area contributed by atoms with Gasteiger partial charge in [-0.05, 0) is 52.2 Å². The highest BCUT2D eigenvalue weighted by Gasteiger charge is 2.30. The summed E-state index contributed by atoms with van der Waals surface area (Å²) in [7, 11) is 1.80. The first-order valence-corrected chi connectivity index (χ1v) is 10.2. The van der Waals surface area contributed by atoms with Crippen LogP contribution in [0.15, 0.2) is 22.8 Å². The van der Waals surface area contributed by atoms with E-state index >= 15 is 0 Å². The molecule has 1 unspecified atom stereocenters. The minimum atomic E-state index is -0.0522. The van der Waals surface area contributed by atoms with Crippen molar-refractivity contribution in [3.63, 3.8) is 0 Å². The van der Waals surface area contributed by atoms with Crippen molar-refractivity contribution in [1.29, 1.82) is 0 Å². The number of nitrogens with one attached hydrogen (secondary N) is 1. The molecule has 0 saturated heterocycles. The van der Waals surface area contributed by atoms with Crippen molar-refractivity contribution in [2.75, 3.05) is 20.2 Å². The molecule has 28 heavy (non-hydrogen) atoms. The average molecular weight is 389 g/mol. The predicted molar refractivity (Wildman–Crippen MR) is 107 cm³/mol. The van der Waals surface area contributed by atoms with E-state index in [9.17, 15) is 4.79 Å². The highest BCUT2D eigenvalue weighted by Crippen LogP contribution is 2.26. The molecule has 0 bridgehead atoms. The summed E-state index contributed by atoms with van der Waals surface area (Å²) in [5.74, 6) is 0.716. The number of aryl methyl sites for hydroxylation is 1. The fraction of sp³-hybridized carbons (Fsp3) is 0.619. The lowest BCUT2D eigenvalue weighted by molar-refractivity contribution is 0.0764. The average Bonchev–Trinajstić information content (AvgIpc) is 3.31. The van der Waals surface area contributed by atoms with Crippen molar-refractivity contribution in [1.82, 2.24) is 20.0 Å². The van der Waals surface area contributed by atoms with Crippen LogP contribution >= 0.6 is 0 Å². The SMILES string of the molecule is CCn1nc(C(=O)N(C)Cc2ccco2)c2c1CCC(NCCOC(C)C)C2. The molecule has 0 aromatic carbocycles. The second-order valence-corrected chi connectivity index (χ2v) is 7.64. The topological polar surface area (TPSA) is 72.5 Å². The molecular weight excluding hydrogens is 356 g/mol. The minimum Gasteiger partial charge on any atom is -0.467 e. The quantitative estimate of drug-likeness (QED) is 0.669. The number of amides is 1. The zero-order chi connectivity index (χ0) is 20.1. The molecule has 0 fully saturated rings. The molecule has 0 spiro atoms. The van der Waals surface area contributed by atoms with Gasteiger partial charge in [0, 0.05) is 37.4 Å². The Morgan fingerprint density at radius 3 is 3.00 bits per heavy atom. The first-order valence-electron chi connectivity index (χ1n) is 10.2. The molecule has 7 heteroatoms. The van der Waals surface area contributed by atoms with Crippen LogP contribution in [0.2, 0.25) is 0 Å². The Kier molecular flexibility index (Phi) is 6.91. The Balaban J connectivity index is 1.69. The van der Waals surface area contributed by atoms with Gasteiger partial charge in [0.25, 0.3) is 5.91 Å². The van der Waals surface area contributed by atoms with Crippen LogP contribution in [0.3, 0.4) is 0 Å². The van der Waals surface area contributed by atoms with Crippen LogP contribution < -0.4 is 5.32 Å². The van der Waals surface area contributed by atoms with Crippen LogP contribution in [-0.4, -0.2) is 52.9 Å². The lowest BCUT2D eigenvalue weighted by atomic mass is 9.91. The molecule has 1 N–H and O–H groups in total. The van der Waals surface area contributed by atoms with Gasteiger partial charge in [0.05, 0.1) is 25.5 Å². The Hall–Kier alpha value is -2.12. The summed E-state index contributed by atoms with van der Waals surface area (Å²) >= 11 is 0. The Bertz CT molecular complexity index is 767. The summed E-state index contributed by atoms with van der Waals surface area (Å²) in [5.41, 5.74) is 2.87. The van der Waals surface area contributed by atoms with E-state index < -0.39 is 0 Å². The van der Waals surface area contributed by atoms with Gasteiger partial charge in [-0.15, -0.1) is 0 Å². The van der Waals surface area contributed by atoms with Crippen molar-refractivity contribution in [3.8, 4) is 0 Å². The van der Waals surface area contributed by atoms with E-state index in [4.69, 9.17) is 9.15 Å². The van der Waals surface area contributed by atoms with Gasteiger partial charge in [0.15, 0.2) is 5.69 Å². The largest absolute Gasteiger partial charge is 0.467 e. The smallest absolute Gasteiger partial charge is 0.274 e. The number of hydrogen-bond donors (Lipinski definition) is 1. The van der Waals surface area contributed by atoms with E-state index in [1.807, 2.05) is 30.7 Å². The van der Waals surface area contributed by atoms with E-state index in [-0.39, 0.29) is 12.0 Å². The van der Waals surface area contributed by atoms with Gasteiger partial charge >= 0.3 is 0 Å². The molecule has 1 aliphatic rings. The van der Waals surface area contributed by atoms with E-state index in [0.29, 0.717) is 24.9 Å². The summed E-state index contributed by atoms with van der Waals surface area (Å²) in [6, 6.07) is 4.06. The van der Waals surface area contributed by atoms with Crippen molar-refractivity contribution in [2.45, 2.75) is 65.3 Å². The normalized spacial score (nSPS) is 16.4. The van der Waals surface area contributed by atoms with Crippen LogP contribution in [0.1, 0.15) is 54.7 Å². The van der Waals surface area contributed by atoms with Crippen LogP contribution in [0.25, 0.3) is 0 Å². The summed E-state index contributed by atoms with van der Waals surface area (Å²) in [4.78, 5) is 14.8. The monoisotopic (exact) mass is 388 g/mol. The minimum absolute atomic E-state index is 0.0522. The molecule has 0 radical (unpaired) electrons. The van der Waals surface area contributed by atoms with Crippen LogP contribution in [0.4, 0.5) is 0 Å². The number of nitrogens with zero attached hydrogens (tertiary/aromatic N) is 3. The molecule has 2 heterocycles. The lowest BCUT2D eigenvalue weighted by Crippen LogP contribution is -2.37. The third-order valence-corrected chi connectivity index (χ3v) is 5.15. The summed E-state index contributed by atoms with van der Waals surface area (Å²) in [6.07, 6.45) is 4.69. The highest BCUT2D eigenvalue weighted by molar-refractivity contribution is 5.94. The van der Waals surface area contributed by atoms with Crippen molar-refractivity contribution in [2.24, 2.45) is 0 Å². The van der Waals surface area contributed by atoms with Crippen molar-refractivity contribution < 1.29 is 13.9 Å². The lowest BCUT2D eigenvalue weighted by Gasteiger charge is -2.25. The summed E-state index contributed by atoms with van der Waals surface area (Å²) in [5, 5.41) is 8.23. The zero-order valence-corrected chi connectivity index (χ0v) is 17.4. The van der Waals surface area contributed by atoms with Gasteiger partial charge in [0.2, 0.25) is 0 Å². The molecule has 2 aromatic heterocycles. The maximum atomic E-state index is 13.1. The molecule has 2 aromatic rings. The molecule has 0 saturated carbocycles. The zero-order valence-electron chi connectivity index (χ0n) is 17.4. The molecule has 7 nitrogen and oxygen atoms in total. The summed E-state index contributed by atoms with van der Waals surface area (Å²) < 4.78 is 13.0. The van der Waals surface area contributed by atoms with Gasteiger partial charge in [0.1, 0.15) is 5.76 Å². The maximum Gasteiger partial charge on any atom is 0.274 e. The van der Waals surface area contributed by atoms with Gasteiger partial charge < -0.3 is 19.4 Å². The second kappa shape index (κ2) is 9.39.